The monoisotopic (exact) mass is 382 g/mol. The van der Waals surface area contributed by atoms with Gasteiger partial charge in [-0.25, -0.2) is 0 Å². The van der Waals surface area contributed by atoms with E-state index in [9.17, 15) is 4.79 Å². The molecule has 2 aromatic rings. The van der Waals surface area contributed by atoms with Crippen molar-refractivity contribution >= 4 is 29.2 Å². The van der Waals surface area contributed by atoms with Gasteiger partial charge < -0.3 is 20.5 Å². The van der Waals surface area contributed by atoms with Crippen LogP contribution in [0.2, 0.25) is 0 Å². The van der Waals surface area contributed by atoms with Crippen LogP contribution in [0.5, 0.6) is 5.75 Å². The number of Topliss-reactive ketones (excluding diaryl/α,β-unsaturated/α-hetero) is 1. The largest absolute Gasteiger partial charge is 0.493 e. The summed E-state index contributed by atoms with van der Waals surface area (Å²) < 4.78 is 10.8. The van der Waals surface area contributed by atoms with Crippen molar-refractivity contribution in [3.63, 3.8) is 0 Å². The highest BCUT2D eigenvalue weighted by molar-refractivity contribution is 7.78. The summed E-state index contributed by atoms with van der Waals surface area (Å²) >= 11 is 4.95. The van der Waals surface area contributed by atoms with E-state index in [1.165, 1.54) is 5.49 Å². The fourth-order valence-electron chi connectivity index (χ4n) is 3.17. The molecule has 3 rings (SSSR count). The average molecular weight is 382 g/mol. The van der Waals surface area contributed by atoms with Gasteiger partial charge in [-0.05, 0) is 17.7 Å². The summed E-state index contributed by atoms with van der Waals surface area (Å²) in [7, 11) is 1.66. The molecule has 140 valence electrons. The average Bonchev–Trinajstić information content (AvgIpc) is 2.97. The van der Waals surface area contributed by atoms with Gasteiger partial charge in [-0.2, -0.15) is 0 Å². The standard InChI is InChI=1S/C21H22N2O3S/c1-25-10-5-11-26-15-7-4-6-14(12-15)19(22)18-20(23-13-27)16-8-2-3-9-17(16)21(18)24/h2-4,6-9,12-13,19H,5,10-11,22H2,1H3,(H,23,27). The van der Waals surface area contributed by atoms with Gasteiger partial charge in [-0.15, -0.1) is 0 Å². The van der Waals surface area contributed by atoms with Gasteiger partial charge in [0.25, 0.3) is 0 Å². The molecule has 5 nitrogen and oxygen atoms in total. The Bertz CT molecular complexity index is 879. The maximum absolute atomic E-state index is 13.0. The molecule has 0 aromatic heterocycles. The van der Waals surface area contributed by atoms with Crippen molar-refractivity contribution in [2.75, 3.05) is 20.3 Å². The summed E-state index contributed by atoms with van der Waals surface area (Å²) in [6.07, 6.45) is 0.800. The molecule has 0 bridgehead atoms. The summed E-state index contributed by atoms with van der Waals surface area (Å²) in [5, 5.41) is 3.02. The van der Waals surface area contributed by atoms with E-state index in [-0.39, 0.29) is 5.78 Å². The van der Waals surface area contributed by atoms with Crippen LogP contribution >= 0.6 is 12.2 Å². The van der Waals surface area contributed by atoms with Gasteiger partial charge >= 0.3 is 0 Å². The number of rotatable bonds is 9. The molecule has 0 amide bonds. The van der Waals surface area contributed by atoms with Gasteiger partial charge in [-0.3, -0.25) is 4.79 Å². The van der Waals surface area contributed by atoms with Crippen LogP contribution in [0.15, 0.2) is 54.1 Å². The van der Waals surface area contributed by atoms with Crippen LogP contribution in [0.1, 0.15) is 33.9 Å². The molecule has 3 N–H and O–H groups in total. The highest BCUT2D eigenvalue weighted by atomic mass is 32.1. The Morgan fingerprint density at radius 2 is 1.93 bits per heavy atom. The molecule has 1 aliphatic carbocycles. The first-order valence-corrected chi connectivity index (χ1v) is 9.20. The molecule has 0 spiro atoms. The quantitative estimate of drug-likeness (QED) is 0.512. The van der Waals surface area contributed by atoms with Gasteiger partial charge in [-0.1, -0.05) is 48.6 Å². The molecule has 27 heavy (non-hydrogen) atoms. The van der Waals surface area contributed by atoms with E-state index in [4.69, 9.17) is 27.4 Å². The zero-order valence-corrected chi connectivity index (χ0v) is 15.9. The number of carbonyl (C=O) groups is 1. The molecule has 2 aromatic carbocycles. The van der Waals surface area contributed by atoms with Gasteiger partial charge in [0, 0.05) is 36.8 Å². The number of ether oxygens (including phenoxy) is 2. The number of hydrogen-bond donors (Lipinski definition) is 2. The van der Waals surface area contributed by atoms with Crippen molar-refractivity contribution in [2.24, 2.45) is 5.73 Å². The number of hydrogen-bond acceptors (Lipinski definition) is 5. The van der Waals surface area contributed by atoms with Crippen LogP contribution < -0.4 is 15.8 Å². The third kappa shape index (κ3) is 4.08. The predicted octanol–water partition coefficient (Wildman–Crippen LogP) is 3.26. The van der Waals surface area contributed by atoms with Crippen molar-refractivity contribution in [3.05, 3.63) is 70.8 Å². The predicted molar refractivity (Wildman–Crippen MR) is 110 cm³/mol. The molecule has 1 aliphatic rings. The smallest absolute Gasteiger partial charge is 0.193 e. The summed E-state index contributed by atoms with van der Waals surface area (Å²) in [5.41, 5.74) is 11.3. The maximum atomic E-state index is 13.0. The Balaban J connectivity index is 1.88. The zero-order chi connectivity index (χ0) is 19.2. The number of carbonyl (C=O) groups excluding carboxylic acids is 1. The topological polar surface area (TPSA) is 73.6 Å². The van der Waals surface area contributed by atoms with Crippen molar-refractivity contribution in [3.8, 4) is 5.75 Å². The second-order valence-corrected chi connectivity index (χ2v) is 6.41. The number of fused-ring (bicyclic) bond motifs is 1. The molecule has 0 fully saturated rings. The number of benzene rings is 2. The number of ketones is 1. The van der Waals surface area contributed by atoms with Crippen molar-refractivity contribution < 1.29 is 14.3 Å². The van der Waals surface area contributed by atoms with Crippen molar-refractivity contribution in [2.45, 2.75) is 12.5 Å². The van der Waals surface area contributed by atoms with Gasteiger partial charge in [0.05, 0.1) is 23.8 Å². The third-order valence-electron chi connectivity index (χ3n) is 4.45. The van der Waals surface area contributed by atoms with E-state index in [2.05, 4.69) is 5.32 Å². The lowest BCUT2D eigenvalue weighted by Crippen LogP contribution is -2.20. The molecule has 0 aliphatic heterocycles. The molecule has 0 radical (unpaired) electrons. The Morgan fingerprint density at radius 1 is 1.15 bits per heavy atom. The van der Waals surface area contributed by atoms with Crippen LogP contribution in [-0.2, 0) is 4.74 Å². The van der Waals surface area contributed by atoms with Crippen LogP contribution in [-0.4, -0.2) is 31.6 Å². The first kappa shape index (κ1) is 19.2. The van der Waals surface area contributed by atoms with Crippen molar-refractivity contribution in [1.82, 2.24) is 5.32 Å². The summed E-state index contributed by atoms with van der Waals surface area (Å²) in [6, 6.07) is 14.3. The van der Waals surface area contributed by atoms with Gasteiger partial charge in [0.15, 0.2) is 5.78 Å². The first-order chi connectivity index (χ1) is 13.2. The summed E-state index contributed by atoms with van der Waals surface area (Å²) in [5.74, 6) is 0.635. The summed E-state index contributed by atoms with van der Waals surface area (Å²) in [4.78, 5) is 13.0. The fraction of sp³-hybridized carbons (Fsp3) is 0.238. The highest BCUT2D eigenvalue weighted by Crippen LogP contribution is 2.37. The normalized spacial score (nSPS) is 14.1. The Kier molecular flexibility index (Phi) is 6.34. The molecule has 0 saturated heterocycles. The minimum absolute atomic E-state index is 0.0798. The van der Waals surface area contributed by atoms with E-state index in [0.29, 0.717) is 35.8 Å². The number of thiocarbonyl (C=S) groups is 1. The Morgan fingerprint density at radius 3 is 2.67 bits per heavy atom. The van der Waals surface area contributed by atoms with Crippen molar-refractivity contribution in [1.29, 1.82) is 0 Å². The lowest BCUT2D eigenvalue weighted by molar-refractivity contribution is 0.103. The molecule has 0 heterocycles. The second-order valence-electron chi connectivity index (χ2n) is 6.17. The molecular formula is C21H22N2O3S. The maximum Gasteiger partial charge on any atom is 0.193 e. The highest BCUT2D eigenvalue weighted by Gasteiger charge is 2.33. The number of methoxy groups -OCH3 is 1. The number of nitrogens with two attached hydrogens (primary N) is 1. The first-order valence-electron chi connectivity index (χ1n) is 8.73. The van der Waals surface area contributed by atoms with E-state index >= 15 is 0 Å². The van der Waals surface area contributed by atoms with Gasteiger partial charge in [0.2, 0.25) is 0 Å². The Labute approximate surface area is 164 Å². The van der Waals surface area contributed by atoms with E-state index in [1.807, 2.05) is 42.5 Å². The molecular weight excluding hydrogens is 360 g/mol. The zero-order valence-electron chi connectivity index (χ0n) is 15.1. The van der Waals surface area contributed by atoms with E-state index in [1.54, 1.807) is 13.2 Å². The minimum atomic E-state index is -0.593. The lowest BCUT2D eigenvalue weighted by Gasteiger charge is -2.16. The summed E-state index contributed by atoms with van der Waals surface area (Å²) in [6.45, 7) is 1.20. The molecule has 6 heteroatoms. The molecule has 1 atom stereocenters. The lowest BCUT2D eigenvalue weighted by atomic mass is 9.96. The number of nitrogens with one attached hydrogen (secondary N) is 1. The van der Waals surface area contributed by atoms with E-state index in [0.717, 1.165) is 17.5 Å². The SMILES string of the molecule is COCCCOc1cccc(C(N)C2=C(NC=S)c3ccccc3C2=O)c1. The minimum Gasteiger partial charge on any atom is -0.493 e. The van der Waals surface area contributed by atoms with Crippen LogP contribution in [0.4, 0.5) is 0 Å². The molecule has 0 saturated carbocycles. The van der Waals surface area contributed by atoms with Crippen LogP contribution in [0, 0.1) is 0 Å². The van der Waals surface area contributed by atoms with E-state index < -0.39 is 6.04 Å². The fourth-order valence-corrected chi connectivity index (χ4v) is 3.29. The van der Waals surface area contributed by atoms with Gasteiger partial charge in [0.1, 0.15) is 5.75 Å². The van der Waals surface area contributed by atoms with Crippen LogP contribution in [0.25, 0.3) is 5.70 Å². The third-order valence-corrected chi connectivity index (χ3v) is 4.57. The second kappa shape index (κ2) is 8.90. The Hall–Kier alpha value is -2.54. The molecule has 1 unspecified atom stereocenters. The van der Waals surface area contributed by atoms with Crippen LogP contribution in [0.3, 0.4) is 0 Å².